The molecule has 10 heteroatoms. The number of hydrogen-bond acceptors (Lipinski definition) is 7. The molecule has 0 fully saturated rings. The van der Waals surface area contributed by atoms with E-state index < -0.39 is 38.4 Å². The summed E-state index contributed by atoms with van der Waals surface area (Å²) in [5, 5.41) is 9.35. The Labute approximate surface area is 207 Å². The first-order chi connectivity index (χ1) is 15.9. The number of allylic oxidation sites excluding steroid dienone is 1. The van der Waals surface area contributed by atoms with Crippen LogP contribution in [0.2, 0.25) is 0 Å². The quantitative estimate of drug-likeness (QED) is 0.602. The van der Waals surface area contributed by atoms with Crippen LogP contribution in [0.1, 0.15) is 61.0 Å². The fraction of sp³-hybridized carbons (Fsp3) is 0.480. The van der Waals surface area contributed by atoms with Gasteiger partial charge in [-0.15, -0.1) is 6.42 Å². The summed E-state index contributed by atoms with van der Waals surface area (Å²) in [6, 6.07) is 6.29. The van der Waals surface area contributed by atoms with Crippen LogP contribution in [0.5, 0.6) is 0 Å². The third-order valence-corrected chi connectivity index (χ3v) is 7.25. The van der Waals surface area contributed by atoms with E-state index in [1.54, 1.807) is 51.7 Å². The highest BCUT2D eigenvalue weighted by molar-refractivity contribution is 7.92. The number of sulfone groups is 1. The van der Waals surface area contributed by atoms with E-state index in [1.807, 2.05) is 20.8 Å². The van der Waals surface area contributed by atoms with Gasteiger partial charge in [0.05, 0.1) is 22.4 Å². The molecule has 0 aromatic heterocycles. The van der Waals surface area contributed by atoms with Gasteiger partial charge in [-0.05, 0) is 79.0 Å². The van der Waals surface area contributed by atoms with E-state index >= 15 is 0 Å². The van der Waals surface area contributed by atoms with Crippen molar-refractivity contribution in [2.24, 2.45) is 4.99 Å². The molecule has 2 amide bonds. The van der Waals surface area contributed by atoms with Crippen molar-refractivity contribution in [1.82, 2.24) is 9.80 Å². The molecule has 35 heavy (non-hydrogen) atoms. The third-order valence-electron chi connectivity index (χ3n) is 5.08. The molecule has 1 heterocycles. The maximum atomic E-state index is 12.9. The first kappa shape index (κ1) is 27.9. The van der Waals surface area contributed by atoms with Gasteiger partial charge < -0.3 is 14.7 Å². The minimum Gasteiger partial charge on any atom is -0.464 e. The van der Waals surface area contributed by atoms with Gasteiger partial charge in [0.2, 0.25) is 0 Å². The zero-order chi connectivity index (χ0) is 26.9. The highest BCUT2D eigenvalue weighted by Gasteiger charge is 2.41. The topological polar surface area (TPSA) is 117 Å². The number of aliphatic imine (C=N–C) groups is 1. The summed E-state index contributed by atoms with van der Waals surface area (Å²) < 4.78 is 30.3. The molecule has 9 nitrogen and oxygen atoms in total. The highest BCUT2D eigenvalue weighted by Crippen LogP contribution is 2.31. The van der Waals surface area contributed by atoms with Crippen molar-refractivity contribution in [2.45, 2.75) is 76.7 Å². The van der Waals surface area contributed by atoms with Gasteiger partial charge in [-0.25, -0.2) is 23.0 Å². The van der Waals surface area contributed by atoms with Crippen molar-refractivity contribution >= 4 is 27.7 Å². The average Bonchev–Trinajstić information content (AvgIpc) is 2.71. The number of nitrogens with zero attached hydrogens (tertiary/aromatic N) is 3. The monoisotopic (exact) mass is 503 g/mol. The van der Waals surface area contributed by atoms with Crippen LogP contribution in [0.3, 0.4) is 0 Å². The number of imide groups is 1. The van der Waals surface area contributed by atoms with E-state index in [1.165, 1.54) is 12.1 Å². The molecule has 0 atom stereocenters. The molecule has 0 radical (unpaired) electrons. The van der Waals surface area contributed by atoms with Crippen LogP contribution in [-0.4, -0.2) is 64.2 Å². The van der Waals surface area contributed by atoms with E-state index in [9.17, 15) is 23.1 Å². The largest absolute Gasteiger partial charge is 0.464 e. The van der Waals surface area contributed by atoms with Crippen molar-refractivity contribution in [3.63, 3.8) is 0 Å². The molecule has 1 aromatic rings. The summed E-state index contributed by atoms with van der Waals surface area (Å²) in [4.78, 5) is 31.9. The number of carboxylic acid groups (broad SMARTS) is 1. The molecule has 190 valence electrons. The predicted molar refractivity (Wildman–Crippen MR) is 134 cm³/mol. The maximum Gasteiger partial charge on any atom is 0.425 e. The Morgan fingerprint density at radius 1 is 1.14 bits per heavy atom. The lowest BCUT2D eigenvalue weighted by Gasteiger charge is -2.43. The number of rotatable bonds is 4. The van der Waals surface area contributed by atoms with Gasteiger partial charge in [-0.1, -0.05) is 12.1 Å². The molecule has 0 bridgehead atoms. The van der Waals surface area contributed by atoms with Crippen LogP contribution in [0.25, 0.3) is 0 Å². The lowest BCUT2D eigenvalue weighted by atomic mass is 10.0. The Morgan fingerprint density at radius 2 is 1.69 bits per heavy atom. The van der Waals surface area contributed by atoms with Gasteiger partial charge >= 0.3 is 12.2 Å². The van der Waals surface area contributed by atoms with Crippen LogP contribution in [0, 0.1) is 12.3 Å². The van der Waals surface area contributed by atoms with E-state index in [0.29, 0.717) is 16.2 Å². The Bertz CT molecular complexity index is 1210. The predicted octanol–water partition coefficient (Wildman–Crippen LogP) is 4.49. The summed E-state index contributed by atoms with van der Waals surface area (Å²) in [5.41, 5.74) is -0.550. The van der Waals surface area contributed by atoms with Crippen LogP contribution >= 0.6 is 0 Å². The number of carbonyl (C=O) groups excluding carboxylic acids is 1. The van der Waals surface area contributed by atoms with Crippen molar-refractivity contribution < 1.29 is 27.9 Å². The molecule has 0 unspecified atom stereocenters. The number of terminal acetylenes is 1. The minimum absolute atomic E-state index is 0.0617. The first-order valence-electron chi connectivity index (χ1n) is 11.1. The number of carbonyl (C=O) groups is 2. The molecule has 2 rings (SSSR count). The van der Waals surface area contributed by atoms with Gasteiger partial charge in [0.25, 0.3) is 0 Å². The summed E-state index contributed by atoms with van der Waals surface area (Å²) in [6.45, 7) is 13.8. The lowest BCUT2D eigenvalue weighted by Crippen LogP contribution is -2.53. The van der Waals surface area contributed by atoms with Gasteiger partial charge in [0, 0.05) is 5.54 Å². The number of amides is 2. The standard InChI is InChI=1S/C25H33N3O6S/c1-10-19-21(28(22(29)30)23(31)34-25(7,8)9)27(24(4,5)6)15-20(26-19)17-11-13-18(14-12-17)35(32,33)16(2)3/h1,11-14,16H,15H2,2-9H3,(H,29,30). The molecule has 1 aliphatic heterocycles. The minimum atomic E-state index is -3.44. The van der Waals surface area contributed by atoms with Gasteiger partial charge in [0.1, 0.15) is 5.60 Å². The van der Waals surface area contributed by atoms with Crippen molar-refractivity contribution in [3.8, 4) is 12.3 Å². The Morgan fingerprint density at radius 3 is 2.09 bits per heavy atom. The lowest BCUT2D eigenvalue weighted by molar-refractivity contribution is 0.0231. The van der Waals surface area contributed by atoms with E-state index in [2.05, 4.69) is 10.9 Å². The Kier molecular flexibility index (Phi) is 7.77. The zero-order valence-corrected chi connectivity index (χ0v) is 22.2. The molecule has 0 saturated heterocycles. The van der Waals surface area contributed by atoms with Crippen LogP contribution in [-0.2, 0) is 14.6 Å². The normalized spacial score (nSPS) is 15.0. The smallest absolute Gasteiger partial charge is 0.425 e. The summed E-state index contributed by atoms with van der Waals surface area (Å²) in [5.74, 6) is 2.32. The highest BCUT2D eigenvalue weighted by atomic mass is 32.2. The van der Waals surface area contributed by atoms with E-state index in [0.717, 1.165) is 0 Å². The summed E-state index contributed by atoms with van der Waals surface area (Å²) >= 11 is 0. The van der Waals surface area contributed by atoms with Gasteiger partial charge in [-0.2, -0.15) is 4.90 Å². The molecule has 1 aliphatic rings. The summed E-state index contributed by atoms with van der Waals surface area (Å²) in [6.07, 6.45) is 3.08. The molecule has 0 saturated carbocycles. The fourth-order valence-corrected chi connectivity index (χ4v) is 4.34. The molecule has 1 aromatic carbocycles. The molecule has 0 spiro atoms. The first-order valence-corrected chi connectivity index (χ1v) is 12.6. The number of benzene rings is 1. The fourth-order valence-electron chi connectivity index (χ4n) is 3.28. The number of ether oxygens (including phenoxy) is 1. The molecular formula is C25H33N3O6S. The zero-order valence-electron chi connectivity index (χ0n) is 21.4. The SMILES string of the molecule is C#CC1=C(N(C(=O)O)C(=O)OC(C)(C)C)N(C(C)(C)C)CC(c2ccc(S(=O)(=O)C(C)C)cc2)=N1. The second kappa shape index (κ2) is 9.74. The van der Waals surface area contributed by atoms with Crippen LogP contribution in [0.4, 0.5) is 9.59 Å². The van der Waals surface area contributed by atoms with Gasteiger partial charge in [0.15, 0.2) is 21.4 Å². The van der Waals surface area contributed by atoms with Crippen molar-refractivity contribution in [3.05, 3.63) is 41.3 Å². The van der Waals surface area contributed by atoms with Crippen LogP contribution < -0.4 is 0 Å². The van der Waals surface area contributed by atoms with E-state index in [4.69, 9.17) is 11.2 Å². The number of hydrogen-bond donors (Lipinski definition) is 1. The second-order valence-corrected chi connectivity index (χ2v) is 12.9. The second-order valence-electron chi connectivity index (χ2n) is 10.3. The van der Waals surface area contributed by atoms with Crippen molar-refractivity contribution in [1.29, 1.82) is 0 Å². The molecule has 0 aliphatic carbocycles. The molecule has 1 N–H and O–H groups in total. The average molecular weight is 504 g/mol. The Hall–Kier alpha value is -3.32. The van der Waals surface area contributed by atoms with E-state index in [-0.39, 0.29) is 23.0 Å². The molecular weight excluding hydrogens is 470 g/mol. The Balaban J connectivity index is 2.67. The summed E-state index contributed by atoms with van der Waals surface area (Å²) in [7, 11) is -3.44. The van der Waals surface area contributed by atoms with Gasteiger partial charge in [-0.3, -0.25) is 0 Å². The maximum absolute atomic E-state index is 12.9. The van der Waals surface area contributed by atoms with Crippen molar-refractivity contribution in [2.75, 3.05) is 6.54 Å². The third kappa shape index (κ3) is 6.22. The van der Waals surface area contributed by atoms with Crippen LogP contribution in [0.15, 0.2) is 45.7 Å².